The number of hydrogen-bond acceptors (Lipinski definition) is 2. The molecule has 1 aliphatic rings. The molecule has 0 aromatic heterocycles. The molecule has 0 spiro atoms. The van der Waals surface area contributed by atoms with E-state index in [9.17, 15) is 14.0 Å². The number of rotatable bonds is 2. The molecule has 0 aliphatic carbocycles. The quantitative estimate of drug-likeness (QED) is 0.786. The van der Waals surface area contributed by atoms with Gasteiger partial charge in [-0.3, -0.25) is 9.59 Å². The Hall–Kier alpha value is -0.940. The summed E-state index contributed by atoms with van der Waals surface area (Å²) in [6.45, 7) is 0.139. The van der Waals surface area contributed by atoms with Crippen LogP contribution in [0, 0.1) is 11.7 Å². The van der Waals surface area contributed by atoms with Crippen LogP contribution in [0.1, 0.15) is 6.42 Å². The van der Waals surface area contributed by atoms with E-state index in [1.165, 1.54) is 17.0 Å². The standard InChI is InChI=1S/C11H8BrClFNO2/c12-7-1-2-9(8(14)4-7)15-5-6(11(13)17)3-10(15)16/h1-2,4,6H,3,5H2. The highest BCUT2D eigenvalue weighted by Crippen LogP contribution is 2.29. The summed E-state index contributed by atoms with van der Waals surface area (Å²) in [5, 5.41) is -0.557. The molecule has 17 heavy (non-hydrogen) atoms. The molecule has 0 radical (unpaired) electrons. The monoisotopic (exact) mass is 319 g/mol. The number of carbonyl (C=O) groups excluding carboxylic acids is 2. The molecule has 1 unspecified atom stereocenters. The molecular formula is C11H8BrClFNO2. The van der Waals surface area contributed by atoms with Crippen LogP contribution in [0.3, 0.4) is 0 Å². The first-order valence-electron chi connectivity index (χ1n) is 4.94. The Morgan fingerprint density at radius 3 is 2.76 bits per heavy atom. The maximum Gasteiger partial charge on any atom is 0.227 e. The maximum absolute atomic E-state index is 13.7. The second-order valence-corrected chi connectivity index (χ2v) is 5.09. The fraction of sp³-hybridized carbons (Fsp3) is 0.273. The zero-order valence-corrected chi connectivity index (χ0v) is 11.0. The Morgan fingerprint density at radius 1 is 1.53 bits per heavy atom. The number of nitrogens with zero attached hydrogens (tertiary/aromatic N) is 1. The highest BCUT2D eigenvalue weighted by atomic mass is 79.9. The lowest BCUT2D eigenvalue weighted by Gasteiger charge is -2.16. The first kappa shape index (κ1) is 12.5. The molecule has 0 bridgehead atoms. The van der Waals surface area contributed by atoms with Crippen molar-refractivity contribution >= 4 is 44.4 Å². The lowest BCUT2D eigenvalue weighted by molar-refractivity contribution is -0.120. The lowest BCUT2D eigenvalue weighted by atomic mass is 10.1. The molecule has 1 aromatic carbocycles. The molecule has 1 amide bonds. The average molecular weight is 321 g/mol. The Labute approximate surface area is 111 Å². The summed E-state index contributed by atoms with van der Waals surface area (Å²) in [6.07, 6.45) is 0.0395. The third-order valence-corrected chi connectivity index (χ3v) is 3.45. The number of benzene rings is 1. The summed E-state index contributed by atoms with van der Waals surface area (Å²) in [5.74, 6) is -1.34. The molecule has 6 heteroatoms. The van der Waals surface area contributed by atoms with E-state index in [1.807, 2.05) is 0 Å². The molecule has 0 N–H and O–H groups in total. The van der Waals surface area contributed by atoms with Crippen LogP contribution in [0.4, 0.5) is 10.1 Å². The number of amides is 1. The zero-order chi connectivity index (χ0) is 12.6. The number of anilines is 1. The van der Waals surface area contributed by atoms with E-state index < -0.39 is 17.0 Å². The minimum absolute atomic E-state index is 0.0395. The van der Waals surface area contributed by atoms with Crippen LogP contribution < -0.4 is 4.90 Å². The first-order chi connectivity index (χ1) is 7.99. The average Bonchev–Trinajstić information content (AvgIpc) is 2.61. The minimum Gasteiger partial charge on any atom is -0.309 e. The summed E-state index contributed by atoms with van der Waals surface area (Å²) in [5.41, 5.74) is 0.179. The van der Waals surface area contributed by atoms with E-state index >= 15 is 0 Å². The minimum atomic E-state index is -0.557. The predicted molar refractivity (Wildman–Crippen MR) is 65.4 cm³/mol. The zero-order valence-electron chi connectivity index (χ0n) is 8.62. The molecular weight excluding hydrogens is 312 g/mol. The van der Waals surface area contributed by atoms with Crippen molar-refractivity contribution in [1.82, 2.24) is 0 Å². The van der Waals surface area contributed by atoms with Crippen molar-refractivity contribution in [2.45, 2.75) is 6.42 Å². The molecule has 1 aliphatic heterocycles. The van der Waals surface area contributed by atoms with Gasteiger partial charge in [0.2, 0.25) is 11.1 Å². The van der Waals surface area contributed by atoms with Gasteiger partial charge in [0.15, 0.2) is 0 Å². The molecule has 1 fully saturated rings. The van der Waals surface area contributed by atoms with Gasteiger partial charge in [0.1, 0.15) is 5.82 Å². The van der Waals surface area contributed by atoms with Crippen molar-refractivity contribution in [3.63, 3.8) is 0 Å². The van der Waals surface area contributed by atoms with Crippen LogP contribution in [-0.2, 0) is 9.59 Å². The molecule has 90 valence electrons. The predicted octanol–water partition coefficient (Wildman–Crippen LogP) is 2.71. The number of hydrogen-bond donors (Lipinski definition) is 0. The number of halogens is 3. The highest BCUT2D eigenvalue weighted by Gasteiger charge is 2.35. The fourth-order valence-electron chi connectivity index (χ4n) is 1.79. The van der Waals surface area contributed by atoms with Gasteiger partial charge < -0.3 is 4.90 Å². The molecule has 2 rings (SSSR count). The van der Waals surface area contributed by atoms with Gasteiger partial charge in [-0.25, -0.2) is 4.39 Å². The molecule has 3 nitrogen and oxygen atoms in total. The Morgan fingerprint density at radius 2 is 2.24 bits per heavy atom. The summed E-state index contributed by atoms with van der Waals surface area (Å²) in [6, 6.07) is 4.42. The van der Waals surface area contributed by atoms with Crippen LogP contribution in [0.2, 0.25) is 0 Å². The Kier molecular flexibility index (Phi) is 3.49. The molecule has 0 saturated carbocycles. The Balaban J connectivity index is 2.29. The molecule has 1 saturated heterocycles. The van der Waals surface area contributed by atoms with E-state index in [2.05, 4.69) is 15.9 Å². The van der Waals surface area contributed by atoms with Gasteiger partial charge >= 0.3 is 0 Å². The third kappa shape index (κ3) is 2.50. The topological polar surface area (TPSA) is 37.4 Å². The van der Waals surface area contributed by atoms with Gasteiger partial charge in [-0.1, -0.05) is 15.9 Å². The van der Waals surface area contributed by atoms with Crippen molar-refractivity contribution in [1.29, 1.82) is 0 Å². The normalized spacial score (nSPS) is 19.8. The molecule has 1 heterocycles. The van der Waals surface area contributed by atoms with Gasteiger partial charge in [-0.2, -0.15) is 0 Å². The van der Waals surface area contributed by atoms with E-state index in [-0.39, 0.29) is 24.6 Å². The van der Waals surface area contributed by atoms with Gasteiger partial charge in [0.25, 0.3) is 0 Å². The largest absolute Gasteiger partial charge is 0.309 e. The van der Waals surface area contributed by atoms with E-state index in [0.717, 1.165) is 0 Å². The number of carbonyl (C=O) groups is 2. The van der Waals surface area contributed by atoms with Crippen molar-refractivity contribution in [3.8, 4) is 0 Å². The van der Waals surface area contributed by atoms with E-state index in [1.54, 1.807) is 6.07 Å². The summed E-state index contributed by atoms with van der Waals surface area (Å²) in [7, 11) is 0. The summed E-state index contributed by atoms with van der Waals surface area (Å²) >= 11 is 8.48. The van der Waals surface area contributed by atoms with Crippen LogP contribution in [0.25, 0.3) is 0 Å². The van der Waals surface area contributed by atoms with E-state index in [0.29, 0.717) is 4.47 Å². The Bertz CT molecular complexity index is 494. The van der Waals surface area contributed by atoms with Crippen molar-refractivity contribution < 1.29 is 14.0 Å². The first-order valence-corrected chi connectivity index (χ1v) is 6.11. The smallest absolute Gasteiger partial charge is 0.227 e. The van der Waals surface area contributed by atoms with Crippen LogP contribution in [-0.4, -0.2) is 17.7 Å². The van der Waals surface area contributed by atoms with Crippen molar-refractivity contribution in [3.05, 3.63) is 28.5 Å². The van der Waals surface area contributed by atoms with Gasteiger partial charge in [0, 0.05) is 17.4 Å². The van der Waals surface area contributed by atoms with Gasteiger partial charge in [0.05, 0.1) is 11.6 Å². The second kappa shape index (κ2) is 4.74. The van der Waals surface area contributed by atoms with Crippen LogP contribution in [0.5, 0.6) is 0 Å². The van der Waals surface area contributed by atoms with Crippen LogP contribution >= 0.6 is 27.5 Å². The van der Waals surface area contributed by atoms with E-state index in [4.69, 9.17) is 11.6 Å². The van der Waals surface area contributed by atoms with Crippen molar-refractivity contribution in [2.24, 2.45) is 5.92 Å². The molecule has 1 aromatic rings. The maximum atomic E-state index is 13.7. The highest BCUT2D eigenvalue weighted by molar-refractivity contribution is 9.10. The van der Waals surface area contributed by atoms with Crippen LogP contribution in [0.15, 0.2) is 22.7 Å². The third-order valence-electron chi connectivity index (χ3n) is 2.65. The van der Waals surface area contributed by atoms with Crippen molar-refractivity contribution in [2.75, 3.05) is 11.4 Å². The SMILES string of the molecule is O=C(Cl)C1CC(=O)N(c2ccc(Br)cc2F)C1. The summed E-state index contributed by atoms with van der Waals surface area (Å²) in [4.78, 5) is 23.9. The molecule has 1 atom stereocenters. The van der Waals surface area contributed by atoms with Gasteiger partial charge in [-0.05, 0) is 29.8 Å². The van der Waals surface area contributed by atoms with Gasteiger partial charge in [-0.15, -0.1) is 0 Å². The second-order valence-electron chi connectivity index (χ2n) is 3.81. The fourth-order valence-corrected chi connectivity index (χ4v) is 2.27. The lowest BCUT2D eigenvalue weighted by Crippen LogP contribution is -2.26. The summed E-state index contributed by atoms with van der Waals surface area (Å²) < 4.78 is 14.3.